The molecule has 0 saturated carbocycles. The summed E-state index contributed by atoms with van der Waals surface area (Å²) in [6.07, 6.45) is 0. The van der Waals surface area contributed by atoms with E-state index in [2.05, 4.69) is 15.9 Å². The molecular formula is C13H15BrN2O3S. The molecule has 0 saturated heterocycles. The molecule has 1 aromatic heterocycles. The van der Waals surface area contributed by atoms with E-state index in [9.17, 15) is 8.42 Å². The number of sulfonamides is 1. The van der Waals surface area contributed by atoms with Gasteiger partial charge in [0.15, 0.2) is 0 Å². The molecule has 0 aliphatic carbocycles. The lowest BCUT2D eigenvalue weighted by Gasteiger charge is -2.16. The van der Waals surface area contributed by atoms with Gasteiger partial charge in [0, 0.05) is 18.1 Å². The van der Waals surface area contributed by atoms with E-state index in [0.29, 0.717) is 5.76 Å². The molecule has 7 heteroatoms. The van der Waals surface area contributed by atoms with Gasteiger partial charge in [-0.3, -0.25) is 0 Å². The van der Waals surface area contributed by atoms with E-state index in [1.54, 1.807) is 6.07 Å². The molecule has 0 amide bonds. The van der Waals surface area contributed by atoms with Gasteiger partial charge < -0.3 is 10.2 Å². The van der Waals surface area contributed by atoms with Crippen LogP contribution in [-0.4, -0.2) is 19.8 Å². The maximum atomic E-state index is 12.4. The van der Waals surface area contributed by atoms with Crippen LogP contribution in [0.3, 0.4) is 0 Å². The summed E-state index contributed by atoms with van der Waals surface area (Å²) in [6, 6.07) is 10.5. The second-order valence-corrected chi connectivity index (χ2v) is 7.11. The van der Waals surface area contributed by atoms with Gasteiger partial charge in [0.2, 0.25) is 5.09 Å². The molecule has 0 spiro atoms. The molecule has 20 heavy (non-hydrogen) atoms. The first-order valence-corrected chi connectivity index (χ1v) is 8.17. The van der Waals surface area contributed by atoms with E-state index in [0.717, 1.165) is 10.0 Å². The van der Waals surface area contributed by atoms with E-state index >= 15 is 0 Å². The van der Waals surface area contributed by atoms with Crippen LogP contribution in [0.5, 0.6) is 0 Å². The van der Waals surface area contributed by atoms with E-state index in [1.807, 2.05) is 24.3 Å². The Hall–Kier alpha value is -1.15. The van der Waals surface area contributed by atoms with Crippen molar-refractivity contribution in [2.24, 2.45) is 5.73 Å². The number of nitrogens with two attached hydrogens (primary N) is 1. The third kappa shape index (κ3) is 3.12. The summed E-state index contributed by atoms with van der Waals surface area (Å²) in [4.78, 5) is 0. The highest BCUT2D eigenvalue weighted by Gasteiger charge is 2.25. The van der Waals surface area contributed by atoms with Crippen LogP contribution in [0.4, 0.5) is 0 Å². The zero-order valence-electron chi connectivity index (χ0n) is 10.9. The zero-order valence-corrected chi connectivity index (χ0v) is 13.3. The van der Waals surface area contributed by atoms with Gasteiger partial charge in [0.25, 0.3) is 10.0 Å². The molecule has 0 aliphatic rings. The van der Waals surface area contributed by atoms with Crippen molar-refractivity contribution in [3.63, 3.8) is 0 Å². The Morgan fingerprint density at radius 2 is 1.95 bits per heavy atom. The van der Waals surface area contributed by atoms with Crippen LogP contribution in [0.15, 0.2) is 50.4 Å². The Bertz CT molecular complexity index is 697. The van der Waals surface area contributed by atoms with E-state index in [-0.39, 0.29) is 18.2 Å². The van der Waals surface area contributed by atoms with Crippen molar-refractivity contribution in [2.75, 3.05) is 7.05 Å². The highest BCUT2D eigenvalue weighted by Crippen LogP contribution is 2.22. The standard InChI is InChI=1S/C13H15BrN2O3S/c1-16(9-10-4-2-3-5-12(10)14)20(17,18)13-7-6-11(8-15)19-13/h2-7H,8-9,15H2,1H3. The van der Waals surface area contributed by atoms with Crippen molar-refractivity contribution in [2.45, 2.75) is 18.2 Å². The van der Waals surface area contributed by atoms with Gasteiger partial charge in [0.1, 0.15) is 5.76 Å². The molecule has 0 unspecified atom stereocenters. The Labute approximate surface area is 126 Å². The molecule has 2 rings (SSSR count). The average Bonchev–Trinajstić information content (AvgIpc) is 2.90. The molecule has 0 atom stereocenters. The summed E-state index contributed by atoms with van der Waals surface area (Å²) in [5.41, 5.74) is 6.30. The van der Waals surface area contributed by atoms with E-state index < -0.39 is 10.0 Å². The van der Waals surface area contributed by atoms with Crippen molar-refractivity contribution in [1.82, 2.24) is 4.31 Å². The second-order valence-electron chi connectivity index (χ2n) is 4.28. The van der Waals surface area contributed by atoms with Crippen molar-refractivity contribution in [3.05, 3.63) is 52.2 Å². The van der Waals surface area contributed by atoms with Crippen molar-refractivity contribution < 1.29 is 12.8 Å². The number of hydrogen-bond donors (Lipinski definition) is 1. The summed E-state index contributed by atoms with van der Waals surface area (Å²) < 4.78 is 32.0. The Morgan fingerprint density at radius 3 is 2.55 bits per heavy atom. The Morgan fingerprint density at radius 1 is 1.25 bits per heavy atom. The van der Waals surface area contributed by atoms with Gasteiger partial charge in [-0.15, -0.1) is 0 Å². The maximum absolute atomic E-state index is 12.4. The minimum Gasteiger partial charge on any atom is -0.447 e. The van der Waals surface area contributed by atoms with Crippen LogP contribution in [0.1, 0.15) is 11.3 Å². The highest BCUT2D eigenvalue weighted by molar-refractivity contribution is 9.10. The lowest BCUT2D eigenvalue weighted by Crippen LogP contribution is -2.26. The molecule has 0 aliphatic heterocycles. The van der Waals surface area contributed by atoms with Gasteiger partial charge in [-0.1, -0.05) is 34.1 Å². The SMILES string of the molecule is CN(Cc1ccccc1Br)S(=O)(=O)c1ccc(CN)o1. The number of nitrogens with zero attached hydrogens (tertiary/aromatic N) is 1. The largest absolute Gasteiger partial charge is 0.447 e. The fraction of sp³-hybridized carbons (Fsp3) is 0.231. The summed E-state index contributed by atoms with van der Waals surface area (Å²) in [5.74, 6) is 0.442. The predicted octanol–water partition coefficient (Wildman–Crippen LogP) is 2.32. The molecule has 2 N–H and O–H groups in total. The maximum Gasteiger partial charge on any atom is 0.276 e. The normalized spacial score (nSPS) is 12.0. The number of benzene rings is 1. The van der Waals surface area contributed by atoms with Crippen LogP contribution >= 0.6 is 15.9 Å². The molecule has 1 aromatic carbocycles. The highest BCUT2D eigenvalue weighted by atomic mass is 79.9. The van der Waals surface area contributed by atoms with Gasteiger partial charge in [-0.05, 0) is 23.8 Å². The molecule has 0 radical (unpaired) electrons. The molecular weight excluding hydrogens is 344 g/mol. The van der Waals surface area contributed by atoms with E-state index in [4.69, 9.17) is 10.2 Å². The summed E-state index contributed by atoms with van der Waals surface area (Å²) in [5, 5.41) is -0.0903. The second kappa shape index (κ2) is 6.09. The zero-order chi connectivity index (χ0) is 14.8. The minimum atomic E-state index is -3.65. The number of furan rings is 1. The van der Waals surface area contributed by atoms with E-state index in [1.165, 1.54) is 17.4 Å². The number of hydrogen-bond acceptors (Lipinski definition) is 4. The number of rotatable bonds is 5. The first-order chi connectivity index (χ1) is 9.45. The summed E-state index contributed by atoms with van der Waals surface area (Å²) in [7, 11) is -2.14. The fourth-order valence-electron chi connectivity index (χ4n) is 1.71. The average molecular weight is 359 g/mol. The molecule has 1 heterocycles. The minimum absolute atomic E-state index is 0.0903. The molecule has 0 bridgehead atoms. The third-order valence-corrected chi connectivity index (χ3v) is 5.30. The summed E-state index contributed by atoms with van der Waals surface area (Å²) >= 11 is 3.40. The molecule has 2 aromatic rings. The molecule has 0 fully saturated rings. The smallest absolute Gasteiger partial charge is 0.276 e. The van der Waals surface area contributed by atoms with Gasteiger partial charge in [0.05, 0.1) is 6.54 Å². The third-order valence-electron chi connectivity index (χ3n) is 2.85. The number of halogens is 1. The van der Waals surface area contributed by atoms with Crippen LogP contribution in [0.25, 0.3) is 0 Å². The molecule has 108 valence electrons. The van der Waals surface area contributed by atoms with Crippen molar-refractivity contribution >= 4 is 26.0 Å². The summed E-state index contributed by atoms with van der Waals surface area (Å²) in [6.45, 7) is 0.423. The lowest BCUT2D eigenvalue weighted by molar-refractivity contribution is 0.387. The van der Waals surface area contributed by atoms with Crippen LogP contribution in [0.2, 0.25) is 0 Å². The van der Waals surface area contributed by atoms with Gasteiger partial charge in [-0.2, -0.15) is 4.31 Å². The predicted molar refractivity (Wildman–Crippen MR) is 79.4 cm³/mol. The Balaban J connectivity index is 2.23. The quantitative estimate of drug-likeness (QED) is 0.889. The first-order valence-electron chi connectivity index (χ1n) is 5.93. The van der Waals surface area contributed by atoms with Gasteiger partial charge >= 0.3 is 0 Å². The van der Waals surface area contributed by atoms with Crippen LogP contribution in [0, 0.1) is 0 Å². The lowest BCUT2D eigenvalue weighted by atomic mass is 10.2. The molecule has 5 nitrogen and oxygen atoms in total. The van der Waals surface area contributed by atoms with Crippen LogP contribution in [-0.2, 0) is 23.1 Å². The topological polar surface area (TPSA) is 76.5 Å². The first kappa shape index (κ1) is 15.2. The fourth-order valence-corrected chi connectivity index (χ4v) is 3.19. The monoisotopic (exact) mass is 358 g/mol. The Kier molecular flexibility index (Phi) is 4.64. The van der Waals surface area contributed by atoms with Gasteiger partial charge in [-0.25, -0.2) is 8.42 Å². The van der Waals surface area contributed by atoms with Crippen LogP contribution < -0.4 is 5.73 Å². The van der Waals surface area contributed by atoms with Crippen molar-refractivity contribution in [1.29, 1.82) is 0 Å². The van der Waals surface area contributed by atoms with Crippen molar-refractivity contribution in [3.8, 4) is 0 Å².